The third-order valence-corrected chi connectivity index (χ3v) is 7.28. The zero-order valence-electron chi connectivity index (χ0n) is 12.6. The van der Waals surface area contributed by atoms with E-state index >= 15 is 0 Å². The molecule has 0 spiro atoms. The predicted octanol–water partition coefficient (Wildman–Crippen LogP) is 3.30. The van der Waals surface area contributed by atoms with Crippen LogP contribution in [-0.4, -0.2) is 7.05 Å². The van der Waals surface area contributed by atoms with Crippen LogP contribution in [0.5, 0.6) is 0 Å². The molecule has 0 bridgehead atoms. The molecule has 3 heteroatoms. The van der Waals surface area contributed by atoms with E-state index in [1.54, 1.807) is 0 Å². The molecule has 0 aliphatic carbocycles. The molecule has 0 aromatic heterocycles. The van der Waals surface area contributed by atoms with Crippen molar-refractivity contribution in [3.8, 4) is 0 Å². The van der Waals surface area contributed by atoms with Crippen LogP contribution in [0, 0.1) is 0 Å². The van der Waals surface area contributed by atoms with Gasteiger partial charge in [-0.1, -0.05) is 91.0 Å². The van der Waals surface area contributed by atoms with Crippen LogP contribution in [0.1, 0.15) is 0 Å². The molecule has 0 heterocycles. The van der Waals surface area contributed by atoms with Gasteiger partial charge in [0.05, 0.1) is 7.05 Å². The molecule has 3 aromatic rings. The van der Waals surface area contributed by atoms with Crippen LogP contribution in [0.3, 0.4) is 0 Å². The van der Waals surface area contributed by atoms with Crippen LogP contribution >= 0.6 is 7.05 Å². The van der Waals surface area contributed by atoms with Gasteiger partial charge < -0.3 is 0 Å². The fraction of sp³-hybridized carbons (Fsp3) is 0.0526. The maximum absolute atomic E-state index is 4.93. The van der Waals surface area contributed by atoms with Crippen molar-refractivity contribution in [1.29, 1.82) is 0 Å². The van der Waals surface area contributed by atoms with Crippen molar-refractivity contribution in [3.05, 3.63) is 91.0 Å². The van der Waals surface area contributed by atoms with Crippen molar-refractivity contribution in [2.45, 2.75) is 0 Å². The Morgan fingerprint density at radius 2 is 0.909 bits per heavy atom. The zero-order chi connectivity index (χ0) is 15.3. The normalized spacial score (nSPS) is 11.1. The standard InChI is InChI=1S/C19H19N2P/c1-20-21-22(17-11-5-2-6-12-17,18-13-7-3-8-14-18)19-15-9-4-10-16-19/h2-16,20H,1H3. The lowest BCUT2D eigenvalue weighted by molar-refractivity contribution is 0.918. The molecular formula is C19H19N2P. The van der Waals surface area contributed by atoms with Crippen molar-refractivity contribution >= 4 is 23.0 Å². The molecule has 0 radical (unpaired) electrons. The Kier molecular flexibility index (Phi) is 4.53. The first kappa shape index (κ1) is 14.8. The average Bonchev–Trinajstić information content (AvgIpc) is 2.62. The lowest BCUT2D eigenvalue weighted by Crippen LogP contribution is -2.26. The molecule has 3 aromatic carbocycles. The summed E-state index contributed by atoms with van der Waals surface area (Å²) in [5, 5.41) is 3.75. The van der Waals surface area contributed by atoms with Crippen LogP contribution in [0.4, 0.5) is 0 Å². The highest BCUT2D eigenvalue weighted by atomic mass is 31.2. The maximum Gasteiger partial charge on any atom is 0.0751 e. The smallest absolute Gasteiger partial charge is 0.0751 e. The number of nitrogens with one attached hydrogen (secondary N) is 1. The van der Waals surface area contributed by atoms with Crippen molar-refractivity contribution in [2.75, 3.05) is 7.05 Å². The molecule has 22 heavy (non-hydrogen) atoms. The third kappa shape index (κ3) is 2.64. The van der Waals surface area contributed by atoms with Crippen molar-refractivity contribution in [1.82, 2.24) is 5.43 Å². The summed E-state index contributed by atoms with van der Waals surface area (Å²) >= 11 is 0. The van der Waals surface area contributed by atoms with Gasteiger partial charge in [-0.2, -0.15) is 0 Å². The third-order valence-electron chi connectivity index (χ3n) is 3.64. The molecule has 0 saturated heterocycles. The molecule has 0 aliphatic heterocycles. The zero-order valence-corrected chi connectivity index (χ0v) is 13.4. The summed E-state index contributed by atoms with van der Waals surface area (Å²) in [6.07, 6.45) is 0. The Morgan fingerprint density at radius 3 is 1.18 bits per heavy atom. The molecule has 1 N–H and O–H groups in total. The minimum atomic E-state index is -2.04. The van der Waals surface area contributed by atoms with E-state index in [0.29, 0.717) is 0 Å². The van der Waals surface area contributed by atoms with Gasteiger partial charge in [-0.3, -0.25) is 0 Å². The quantitative estimate of drug-likeness (QED) is 0.580. The Balaban J connectivity index is 2.38. The van der Waals surface area contributed by atoms with Gasteiger partial charge in [0.2, 0.25) is 0 Å². The second-order valence-electron chi connectivity index (χ2n) is 4.97. The fourth-order valence-electron chi connectivity index (χ4n) is 2.70. The van der Waals surface area contributed by atoms with Crippen molar-refractivity contribution in [2.24, 2.45) is 4.85 Å². The molecular weight excluding hydrogens is 287 g/mol. The van der Waals surface area contributed by atoms with Crippen LogP contribution in [0.2, 0.25) is 0 Å². The minimum Gasteiger partial charge on any atom is -0.218 e. The van der Waals surface area contributed by atoms with Crippen molar-refractivity contribution in [3.63, 3.8) is 0 Å². The Hall–Kier alpha value is -2.15. The van der Waals surface area contributed by atoms with E-state index < -0.39 is 7.05 Å². The van der Waals surface area contributed by atoms with Crippen LogP contribution < -0.4 is 21.3 Å². The first-order valence-corrected chi connectivity index (χ1v) is 9.07. The van der Waals surface area contributed by atoms with E-state index in [2.05, 4.69) is 78.2 Å². The average molecular weight is 306 g/mol. The summed E-state index contributed by atoms with van der Waals surface area (Å²) in [4.78, 5) is 4.93. The molecule has 2 nitrogen and oxygen atoms in total. The molecule has 0 unspecified atom stereocenters. The molecule has 0 saturated carbocycles. The van der Waals surface area contributed by atoms with Gasteiger partial charge in [0.1, 0.15) is 0 Å². The molecule has 110 valence electrons. The lowest BCUT2D eigenvalue weighted by atomic mass is 10.4. The van der Waals surface area contributed by atoms with Crippen LogP contribution in [0.25, 0.3) is 0 Å². The van der Waals surface area contributed by atoms with Gasteiger partial charge in [-0.05, 0) is 0 Å². The predicted molar refractivity (Wildman–Crippen MR) is 96.6 cm³/mol. The van der Waals surface area contributed by atoms with E-state index in [9.17, 15) is 0 Å². The van der Waals surface area contributed by atoms with E-state index in [0.717, 1.165) is 0 Å². The number of benzene rings is 3. The van der Waals surface area contributed by atoms with Gasteiger partial charge in [0.15, 0.2) is 0 Å². The summed E-state index contributed by atoms with van der Waals surface area (Å²) in [7, 11) is -0.161. The highest BCUT2D eigenvalue weighted by Crippen LogP contribution is 2.45. The topological polar surface area (TPSA) is 24.4 Å². The Bertz CT molecular complexity index is 665. The molecule has 0 aliphatic rings. The van der Waals surface area contributed by atoms with Crippen LogP contribution in [0.15, 0.2) is 95.8 Å². The van der Waals surface area contributed by atoms with Gasteiger partial charge in [0, 0.05) is 23.0 Å². The highest BCUT2D eigenvalue weighted by Gasteiger charge is 2.26. The first-order valence-electron chi connectivity index (χ1n) is 7.33. The first-order chi connectivity index (χ1) is 10.9. The molecule has 0 fully saturated rings. The Morgan fingerprint density at radius 1 is 0.591 bits per heavy atom. The fourth-order valence-corrected chi connectivity index (χ4v) is 6.05. The second kappa shape index (κ2) is 6.74. The lowest BCUT2D eigenvalue weighted by Gasteiger charge is -2.26. The summed E-state index contributed by atoms with van der Waals surface area (Å²) in [6.45, 7) is 0. The van der Waals surface area contributed by atoms with Gasteiger partial charge >= 0.3 is 0 Å². The largest absolute Gasteiger partial charge is 0.218 e. The van der Waals surface area contributed by atoms with E-state index in [1.807, 2.05) is 25.2 Å². The van der Waals surface area contributed by atoms with E-state index in [1.165, 1.54) is 15.9 Å². The van der Waals surface area contributed by atoms with Crippen LogP contribution in [-0.2, 0) is 0 Å². The number of hydrogen-bond donors (Lipinski definition) is 1. The van der Waals surface area contributed by atoms with Gasteiger partial charge in [-0.25, -0.2) is 10.3 Å². The van der Waals surface area contributed by atoms with Gasteiger partial charge in [0.25, 0.3) is 0 Å². The van der Waals surface area contributed by atoms with Crippen molar-refractivity contribution < 1.29 is 0 Å². The summed E-state index contributed by atoms with van der Waals surface area (Å²) in [5.41, 5.74) is 3.08. The molecule has 3 rings (SSSR count). The SMILES string of the molecule is CNN=P(c1ccccc1)(c1ccccc1)c1ccccc1. The number of rotatable bonds is 4. The molecule has 0 atom stereocenters. The van der Waals surface area contributed by atoms with E-state index in [-0.39, 0.29) is 0 Å². The summed E-state index contributed by atoms with van der Waals surface area (Å²) in [5.74, 6) is 0. The second-order valence-corrected chi connectivity index (χ2v) is 7.99. The summed E-state index contributed by atoms with van der Waals surface area (Å²) in [6, 6.07) is 31.7. The minimum absolute atomic E-state index is 1.25. The van der Waals surface area contributed by atoms with Gasteiger partial charge in [-0.15, -0.1) is 0 Å². The highest BCUT2D eigenvalue weighted by molar-refractivity contribution is 7.87. The monoisotopic (exact) mass is 306 g/mol. The number of nitrogens with zero attached hydrogens (tertiary/aromatic N) is 1. The number of hydrogen-bond acceptors (Lipinski definition) is 1. The molecule has 0 amide bonds. The van der Waals surface area contributed by atoms with E-state index in [4.69, 9.17) is 4.85 Å². The maximum atomic E-state index is 4.93. The Labute approximate surface area is 131 Å². The summed E-state index contributed by atoms with van der Waals surface area (Å²) < 4.78 is 0.